The van der Waals surface area contributed by atoms with Crippen LogP contribution < -0.4 is 10.6 Å². The lowest BCUT2D eigenvalue weighted by atomic mass is 10.3. The minimum Gasteiger partial charge on any atom is -0.355 e. The van der Waals surface area contributed by atoms with Gasteiger partial charge in [0, 0.05) is 32.0 Å². The summed E-state index contributed by atoms with van der Waals surface area (Å²) in [5.74, 6) is 0.849. The van der Waals surface area contributed by atoms with Gasteiger partial charge in [-0.25, -0.2) is 0 Å². The van der Waals surface area contributed by atoms with Crippen LogP contribution in [0.4, 0.5) is 0 Å². The van der Waals surface area contributed by atoms with Crippen molar-refractivity contribution in [3.05, 3.63) is 18.5 Å². The van der Waals surface area contributed by atoms with Gasteiger partial charge in [0.05, 0.1) is 6.54 Å². The smallest absolute Gasteiger partial charge is 0.191 e. The van der Waals surface area contributed by atoms with Gasteiger partial charge >= 0.3 is 0 Å². The second-order valence-electron chi connectivity index (χ2n) is 3.72. The average molecular weight is 223 g/mol. The molecule has 2 N–H and O–H groups in total. The molecule has 16 heavy (non-hydrogen) atoms. The summed E-state index contributed by atoms with van der Waals surface area (Å²) in [7, 11) is 1.78. The summed E-state index contributed by atoms with van der Waals surface area (Å²) < 4.78 is 1.89. The molecule has 0 amide bonds. The van der Waals surface area contributed by atoms with Crippen LogP contribution in [0.3, 0.4) is 0 Å². The molecule has 90 valence electrons. The number of hydrogen-bond acceptors (Lipinski definition) is 2. The van der Waals surface area contributed by atoms with Crippen LogP contribution in [-0.2, 0) is 6.54 Å². The summed E-state index contributed by atoms with van der Waals surface area (Å²) >= 11 is 0. The quantitative estimate of drug-likeness (QED) is 0.574. The van der Waals surface area contributed by atoms with Crippen molar-refractivity contribution in [2.45, 2.75) is 32.9 Å². The Bertz CT molecular complexity index is 304. The summed E-state index contributed by atoms with van der Waals surface area (Å²) in [6.07, 6.45) is 4.82. The summed E-state index contributed by atoms with van der Waals surface area (Å²) in [6, 6.07) is 2.36. The fourth-order valence-electron chi connectivity index (χ4n) is 1.25. The molecule has 0 bridgehead atoms. The van der Waals surface area contributed by atoms with Crippen LogP contribution in [0.2, 0.25) is 0 Å². The first-order chi connectivity index (χ1) is 7.76. The van der Waals surface area contributed by atoms with Gasteiger partial charge in [-0.3, -0.25) is 9.67 Å². The lowest BCUT2D eigenvalue weighted by Gasteiger charge is -2.16. The molecule has 1 heterocycles. The van der Waals surface area contributed by atoms with Crippen LogP contribution in [0, 0.1) is 0 Å². The van der Waals surface area contributed by atoms with Crippen LogP contribution in [0.1, 0.15) is 20.3 Å². The molecular weight excluding hydrogens is 202 g/mol. The predicted molar refractivity (Wildman–Crippen MR) is 66.5 cm³/mol. The van der Waals surface area contributed by atoms with Crippen LogP contribution in [0.15, 0.2) is 23.5 Å². The Morgan fingerprint density at radius 3 is 2.94 bits per heavy atom. The van der Waals surface area contributed by atoms with Gasteiger partial charge in [-0.2, -0.15) is 5.10 Å². The summed E-state index contributed by atoms with van der Waals surface area (Å²) in [5.41, 5.74) is 0. The highest BCUT2D eigenvalue weighted by molar-refractivity contribution is 5.79. The minimum absolute atomic E-state index is 0.441. The summed E-state index contributed by atoms with van der Waals surface area (Å²) in [5, 5.41) is 10.7. The van der Waals surface area contributed by atoms with Crippen molar-refractivity contribution in [3.8, 4) is 0 Å². The molecule has 1 aromatic rings. The van der Waals surface area contributed by atoms with Crippen molar-refractivity contribution in [2.75, 3.05) is 13.6 Å². The van der Waals surface area contributed by atoms with Crippen LogP contribution in [0.5, 0.6) is 0 Å². The number of nitrogens with one attached hydrogen (secondary N) is 2. The van der Waals surface area contributed by atoms with Crippen LogP contribution in [0.25, 0.3) is 0 Å². The van der Waals surface area contributed by atoms with E-state index in [4.69, 9.17) is 0 Å². The van der Waals surface area contributed by atoms with Crippen LogP contribution in [-0.4, -0.2) is 35.4 Å². The van der Waals surface area contributed by atoms with Crippen molar-refractivity contribution < 1.29 is 0 Å². The van der Waals surface area contributed by atoms with E-state index in [2.05, 4.69) is 34.6 Å². The Morgan fingerprint density at radius 1 is 1.56 bits per heavy atom. The van der Waals surface area contributed by atoms with Gasteiger partial charge in [0.1, 0.15) is 0 Å². The molecule has 0 radical (unpaired) electrons. The average Bonchev–Trinajstić information content (AvgIpc) is 2.80. The van der Waals surface area contributed by atoms with Gasteiger partial charge < -0.3 is 10.6 Å². The monoisotopic (exact) mass is 223 g/mol. The second kappa shape index (κ2) is 6.87. The van der Waals surface area contributed by atoms with E-state index in [9.17, 15) is 0 Å². The molecule has 0 saturated carbocycles. The zero-order valence-electron chi connectivity index (χ0n) is 10.3. The number of rotatable bonds is 5. The first-order valence-electron chi connectivity index (χ1n) is 5.71. The Labute approximate surface area is 97.0 Å². The standard InChI is InChI=1S/C11H21N5/c1-4-10(2)15-11(12-3)13-7-9-16-8-5-6-14-16/h5-6,8,10H,4,7,9H2,1-3H3,(H2,12,13,15). The number of aromatic nitrogens is 2. The highest BCUT2D eigenvalue weighted by Gasteiger charge is 2.01. The van der Waals surface area contributed by atoms with E-state index in [1.807, 2.05) is 16.9 Å². The van der Waals surface area contributed by atoms with Crippen molar-refractivity contribution in [1.29, 1.82) is 0 Å². The number of aliphatic imine (C=N–C) groups is 1. The molecule has 0 aromatic carbocycles. The molecule has 5 heteroatoms. The Kier molecular flexibility index (Phi) is 5.39. The lowest BCUT2D eigenvalue weighted by Crippen LogP contribution is -2.43. The Morgan fingerprint density at radius 2 is 2.38 bits per heavy atom. The summed E-state index contributed by atoms with van der Waals surface area (Å²) in [4.78, 5) is 4.16. The van der Waals surface area contributed by atoms with Gasteiger partial charge in [0.15, 0.2) is 5.96 Å². The first kappa shape index (κ1) is 12.5. The molecule has 0 fully saturated rings. The molecule has 0 saturated heterocycles. The highest BCUT2D eigenvalue weighted by atomic mass is 15.3. The molecule has 1 atom stereocenters. The Balaban J connectivity index is 2.24. The molecule has 0 aliphatic heterocycles. The molecule has 5 nitrogen and oxygen atoms in total. The zero-order chi connectivity index (χ0) is 11.8. The van der Waals surface area contributed by atoms with E-state index in [1.165, 1.54) is 0 Å². The van der Waals surface area contributed by atoms with E-state index >= 15 is 0 Å². The second-order valence-corrected chi connectivity index (χ2v) is 3.72. The summed E-state index contributed by atoms with van der Waals surface area (Å²) in [6.45, 7) is 5.95. The van der Waals surface area contributed by atoms with Gasteiger partial charge in [-0.05, 0) is 19.4 Å². The normalized spacial score (nSPS) is 13.6. The third-order valence-corrected chi connectivity index (χ3v) is 2.41. The maximum atomic E-state index is 4.16. The van der Waals surface area contributed by atoms with E-state index < -0.39 is 0 Å². The van der Waals surface area contributed by atoms with Gasteiger partial charge in [0.25, 0.3) is 0 Å². The zero-order valence-corrected chi connectivity index (χ0v) is 10.3. The maximum Gasteiger partial charge on any atom is 0.191 e. The molecule has 1 rings (SSSR count). The van der Waals surface area contributed by atoms with Crippen LogP contribution >= 0.6 is 0 Å². The maximum absolute atomic E-state index is 4.16. The lowest BCUT2D eigenvalue weighted by molar-refractivity contribution is 0.582. The van der Waals surface area contributed by atoms with Gasteiger partial charge in [-0.15, -0.1) is 0 Å². The fourth-order valence-corrected chi connectivity index (χ4v) is 1.25. The van der Waals surface area contributed by atoms with Crippen molar-refractivity contribution in [3.63, 3.8) is 0 Å². The Hall–Kier alpha value is -1.52. The molecule has 0 spiro atoms. The first-order valence-corrected chi connectivity index (χ1v) is 5.71. The topological polar surface area (TPSA) is 54.2 Å². The molecule has 1 aromatic heterocycles. The number of hydrogen-bond donors (Lipinski definition) is 2. The fraction of sp³-hybridized carbons (Fsp3) is 0.636. The van der Waals surface area contributed by atoms with E-state index in [0.29, 0.717) is 6.04 Å². The third-order valence-electron chi connectivity index (χ3n) is 2.41. The number of guanidine groups is 1. The molecule has 1 unspecified atom stereocenters. The van der Waals surface area contributed by atoms with E-state index in [1.54, 1.807) is 13.2 Å². The molecular formula is C11H21N5. The van der Waals surface area contributed by atoms with E-state index in [-0.39, 0.29) is 0 Å². The largest absolute Gasteiger partial charge is 0.355 e. The number of nitrogens with zero attached hydrogens (tertiary/aromatic N) is 3. The van der Waals surface area contributed by atoms with E-state index in [0.717, 1.165) is 25.5 Å². The van der Waals surface area contributed by atoms with Gasteiger partial charge in [0.2, 0.25) is 0 Å². The SMILES string of the molecule is CCC(C)NC(=NC)NCCn1cccn1. The van der Waals surface area contributed by atoms with Crippen molar-refractivity contribution in [2.24, 2.45) is 4.99 Å². The van der Waals surface area contributed by atoms with Gasteiger partial charge in [-0.1, -0.05) is 6.92 Å². The van der Waals surface area contributed by atoms with Crippen molar-refractivity contribution in [1.82, 2.24) is 20.4 Å². The third kappa shape index (κ3) is 4.33. The molecule has 0 aliphatic carbocycles. The predicted octanol–water partition coefficient (Wildman–Crippen LogP) is 0.847. The molecule has 0 aliphatic rings. The minimum atomic E-state index is 0.441. The van der Waals surface area contributed by atoms with Crippen molar-refractivity contribution >= 4 is 5.96 Å². The highest BCUT2D eigenvalue weighted by Crippen LogP contribution is 1.87.